The van der Waals surface area contributed by atoms with Gasteiger partial charge in [-0.3, -0.25) is 9.78 Å². The fourth-order valence-electron chi connectivity index (χ4n) is 4.18. The van der Waals surface area contributed by atoms with Gasteiger partial charge in [0, 0.05) is 43.1 Å². The van der Waals surface area contributed by atoms with E-state index in [0.29, 0.717) is 62.9 Å². The molecule has 0 radical (unpaired) electrons. The van der Waals surface area contributed by atoms with E-state index in [0.717, 1.165) is 11.1 Å². The standard InChI is InChI=1S/C27H29FN2O4/c1-2-33-25-16-21(6-7-24(25)34-18-20-8-12-29-13-9-20)26(31)30-19-27(10-14-32-15-11-27)22-4-3-5-23(28)17-22/h3-9,12-13,16-17H,2,10-11,14-15,18-19H2,1H3,(H,30,31). The summed E-state index contributed by atoms with van der Waals surface area (Å²) in [4.78, 5) is 17.1. The van der Waals surface area contributed by atoms with E-state index in [1.807, 2.05) is 25.1 Å². The maximum atomic E-state index is 13.9. The van der Waals surface area contributed by atoms with Crippen molar-refractivity contribution in [1.29, 1.82) is 0 Å². The number of ether oxygens (including phenoxy) is 3. The summed E-state index contributed by atoms with van der Waals surface area (Å²) in [5, 5.41) is 3.05. The fourth-order valence-corrected chi connectivity index (χ4v) is 4.18. The smallest absolute Gasteiger partial charge is 0.251 e. The van der Waals surface area contributed by atoms with Gasteiger partial charge in [0.2, 0.25) is 0 Å². The first-order chi connectivity index (χ1) is 16.6. The number of hydrogen-bond acceptors (Lipinski definition) is 5. The van der Waals surface area contributed by atoms with Gasteiger partial charge >= 0.3 is 0 Å². The van der Waals surface area contributed by atoms with E-state index < -0.39 is 0 Å². The number of benzene rings is 2. The summed E-state index contributed by atoms with van der Waals surface area (Å²) in [6, 6.07) is 15.5. The zero-order valence-corrected chi connectivity index (χ0v) is 19.3. The third-order valence-corrected chi connectivity index (χ3v) is 6.12. The second kappa shape index (κ2) is 11.1. The van der Waals surface area contributed by atoms with Crippen LogP contribution in [-0.2, 0) is 16.8 Å². The highest BCUT2D eigenvalue weighted by Crippen LogP contribution is 2.35. The Morgan fingerprint density at radius 1 is 1.06 bits per heavy atom. The SMILES string of the molecule is CCOc1cc(C(=O)NCC2(c3cccc(F)c3)CCOCC2)ccc1OCc1ccncc1. The number of carbonyl (C=O) groups excluding carboxylic acids is 1. The van der Waals surface area contributed by atoms with Crippen LogP contribution in [0, 0.1) is 5.82 Å². The van der Waals surface area contributed by atoms with Crippen LogP contribution in [0.5, 0.6) is 11.5 Å². The molecular formula is C27H29FN2O4. The molecule has 0 spiro atoms. The largest absolute Gasteiger partial charge is 0.490 e. The number of aromatic nitrogens is 1. The maximum Gasteiger partial charge on any atom is 0.251 e. The molecular weight excluding hydrogens is 435 g/mol. The first-order valence-corrected chi connectivity index (χ1v) is 11.5. The molecule has 0 saturated carbocycles. The number of amides is 1. The Kier molecular flexibility index (Phi) is 7.75. The summed E-state index contributed by atoms with van der Waals surface area (Å²) in [6.45, 7) is 4.23. The van der Waals surface area contributed by atoms with Crippen molar-refractivity contribution in [2.24, 2.45) is 0 Å². The molecule has 6 nitrogen and oxygen atoms in total. The van der Waals surface area contributed by atoms with E-state index in [9.17, 15) is 9.18 Å². The molecule has 1 aliphatic rings. The van der Waals surface area contributed by atoms with Crippen molar-refractivity contribution < 1.29 is 23.4 Å². The van der Waals surface area contributed by atoms with Crippen molar-refractivity contribution >= 4 is 5.91 Å². The fraction of sp³-hybridized carbons (Fsp3) is 0.333. The Morgan fingerprint density at radius 2 is 1.85 bits per heavy atom. The highest BCUT2D eigenvalue weighted by Gasteiger charge is 2.35. The molecule has 1 fully saturated rings. The lowest BCUT2D eigenvalue weighted by Crippen LogP contribution is -2.44. The van der Waals surface area contributed by atoms with Crippen LogP contribution >= 0.6 is 0 Å². The van der Waals surface area contributed by atoms with Crippen LogP contribution in [0.3, 0.4) is 0 Å². The van der Waals surface area contributed by atoms with E-state index in [4.69, 9.17) is 14.2 Å². The van der Waals surface area contributed by atoms with Crippen molar-refractivity contribution in [2.45, 2.75) is 31.8 Å². The number of nitrogens with zero attached hydrogens (tertiary/aromatic N) is 1. The predicted molar refractivity (Wildman–Crippen MR) is 127 cm³/mol. The van der Waals surface area contributed by atoms with Crippen LogP contribution in [0.1, 0.15) is 41.3 Å². The van der Waals surface area contributed by atoms with Crippen LogP contribution in [0.2, 0.25) is 0 Å². The lowest BCUT2D eigenvalue weighted by molar-refractivity contribution is 0.0486. The van der Waals surface area contributed by atoms with Gasteiger partial charge in [0.1, 0.15) is 12.4 Å². The number of nitrogens with one attached hydrogen (secondary N) is 1. The number of hydrogen-bond donors (Lipinski definition) is 1. The van der Waals surface area contributed by atoms with Crippen LogP contribution in [0.4, 0.5) is 4.39 Å². The molecule has 34 heavy (non-hydrogen) atoms. The molecule has 3 aromatic rings. The first-order valence-electron chi connectivity index (χ1n) is 11.5. The van der Waals surface area contributed by atoms with Gasteiger partial charge in [-0.05, 0) is 73.4 Å². The average Bonchev–Trinajstić information content (AvgIpc) is 2.88. The van der Waals surface area contributed by atoms with Gasteiger partial charge in [0.25, 0.3) is 5.91 Å². The van der Waals surface area contributed by atoms with E-state index in [-0.39, 0.29) is 17.1 Å². The number of carbonyl (C=O) groups is 1. The van der Waals surface area contributed by atoms with Crippen molar-refractivity contribution in [1.82, 2.24) is 10.3 Å². The molecule has 2 heterocycles. The monoisotopic (exact) mass is 464 g/mol. The Morgan fingerprint density at radius 3 is 2.59 bits per heavy atom. The Labute approximate surface area is 199 Å². The van der Waals surface area contributed by atoms with E-state index in [2.05, 4.69) is 10.3 Å². The quantitative estimate of drug-likeness (QED) is 0.498. The minimum absolute atomic E-state index is 0.219. The van der Waals surface area contributed by atoms with Gasteiger partial charge in [-0.1, -0.05) is 12.1 Å². The van der Waals surface area contributed by atoms with Crippen molar-refractivity contribution in [3.63, 3.8) is 0 Å². The summed E-state index contributed by atoms with van der Waals surface area (Å²) >= 11 is 0. The molecule has 1 N–H and O–H groups in total. The molecule has 1 saturated heterocycles. The summed E-state index contributed by atoms with van der Waals surface area (Å²) in [7, 11) is 0. The molecule has 0 atom stereocenters. The summed E-state index contributed by atoms with van der Waals surface area (Å²) < 4.78 is 31.1. The minimum Gasteiger partial charge on any atom is -0.490 e. The average molecular weight is 465 g/mol. The van der Waals surface area contributed by atoms with Gasteiger partial charge in [-0.15, -0.1) is 0 Å². The highest BCUT2D eigenvalue weighted by atomic mass is 19.1. The predicted octanol–water partition coefficient (Wildman–Crippen LogP) is 4.68. The number of pyridine rings is 1. The van der Waals surface area contributed by atoms with Crippen LogP contribution < -0.4 is 14.8 Å². The molecule has 0 unspecified atom stereocenters. The van der Waals surface area contributed by atoms with Crippen LogP contribution in [0.25, 0.3) is 0 Å². The van der Waals surface area contributed by atoms with Gasteiger partial charge in [-0.25, -0.2) is 4.39 Å². The van der Waals surface area contributed by atoms with Crippen LogP contribution in [-0.4, -0.2) is 37.3 Å². The maximum absolute atomic E-state index is 13.9. The zero-order chi connectivity index (χ0) is 23.8. The summed E-state index contributed by atoms with van der Waals surface area (Å²) in [5.74, 6) is 0.577. The molecule has 0 bridgehead atoms. The van der Waals surface area contributed by atoms with E-state index in [1.54, 1.807) is 42.7 Å². The van der Waals surface area contributed by atoms with E-state index >= 15 is 0 Å². The van der Waals surface area contributed by atoms with Gasteiger partial charge < -0.3 is 19.5 Å². The normalized spacial score (nSPS) is 14.9. The molecule has 178 valence electrons. The molecule has 7 heteroatoms. The molecule has 1 amide bonds. The topological polar surface area (TPSA) is 69.7 Å². The number of rotatable bonds is 9. The molecule has 0 aliphatic carbocycles. The van der Waals surface area contributed by atoms with Gasteiger partial charge in [-0.2, -0.15) is 0 Å². The second-order valence-corrected chi connectivity index (χ2v) is 8.32. The summed E-state index contributed by atoms with van der Waals surface area (Å²) in [6.07, 6.45) is 4.85. The first kappa shape index (κ1) is 23.7. The molecule has 2 aromatic carbocycles. The zero-order valence-electron chi connectivity index (χ0n) is 19.3. The number of halogens is 1. The third kappa shape index (κ3) is 5.72. The molecule has 4 rings (SSSR count). The minimum atomic E-state index is -0.369. The highest BCUT2D eigenvalue weighted by molar-refractivity contribution is 5.95. The molecule has 1 aromatic heterocycles. The van der Waals surface area contributed by atoms with Crippen molar-refractivity contribution in [3.8, 4) is 11.5 Å². The Hall–Kier alpha value is -3.45. The van der Waals surface area contributed by atoms with Gasteiger partial charge in [0.05, 0.1) is 6.61 Å². The van der Waals surface area contributed by atoms with Crippen molar-refractivity contribution in [3.05, 3.63) is 89.5 Å². The Bertz CT molecular complexity index is 1100. The third-order valence-electron chi connectivity index (χ3n) is 6.12. The van der Waals surface area contributed by atoms with Gasteiger partial charge in [0.15, 0.2) is 11.5 Å². The lowest BCUT2D eigenvalue weighted by atomic mass is 9.74. The lowest BCUT2D eigenvalue weighted by Gasteiger charge is -2.38. The van der Waals surface area contributed by atoms with E-state index in [1.165, 1.54) is 6.07 Å². The van der Waals surface area contributed by atoms with Crippen molar-refractivity contribution in [2.75, 3.05) is 26.4 Å². The summed E-state index contributed by atoms with van der Waals surface area (Å²) in [5.41, 5.74) is 1.97. The second-order valence-electron chi connectivity index (χ2n) is 8.32. The molecule has 1 aliphatic heterocycles. The van der Waals surface area contributed by atoms with Crippen LogP contribution in [0.15, 0.2) is 67.0 Å². The Balaban J connectivity index is 1.47.